The minimum absolute atomic E-state index is 0.250. The number of amides is 1. The Labute approximate surface area is 131 Å². The van der Waals surface area contributed by atoms with Gasteiger partial charge in [-0.05, 0) is 43.4 Å². The second kappa shape index (κ2) is 8.41. The summed E-state index contributed by atoms with van der Waals surface area (Å²) >= 11 is 0. The van der Waals surface area contributed by atoms with E-state index in [2.05, 4.69) is 31.3 Å². The van der Waals surface area contributed by atoms with Gasteiger partial charge in [-0.15, -0.1) is 0 Å². The number of aliphatic carboxylic acids is 1. The van der Waals surface area contributed by atoms with Gasteiger partial charge in [0, 0.05) is 6.42 Å². The molecule has 0 fully saturated rings. The van der Waals surface area contributed by atoms with Crippen molar-refractivity contribution in [3.05, 3.63) is 29.3 Å². The lowest BCUT2D eigenvalue weighted by Gasteiger charge is -2.15. The van der Waals surface area contributed by atoms with Gasteiger partial charge in [-0.1, -0.05) is 26.0 Å². The second-order valence-corrected chi connectivity index (χ2v) is 5.78. The normalized spacial score (nSPS) is 12.0. The van der Waals surface area contributed by atoms with Crippen LogP contribution in [-0.2, 0) is 9.59 Å². The molecule has 22 heavy (non-hydrogen) atoms. The lowest BCUT2D eigenvalue weighted by molar-refractivity contribution is -0.141. The number of benzene rings is 1. The van der Waals surface area contributed by atoms with E-state index in [1.807, 2.05) is 13.0 Å². The van der Waals surface area contributed by atoms with E-state index >= 15 is 0 Å². The third-order valence-corrected chi connectivity index (χ3v) is 3.34. The van der Waals surface area contributed by atoms with Crippen LogP contribution in [0.3, 0.4) is 0 Å². The fourth-order valence-corrected chi connectivity index (χ4v) is 2.03. The topological polar surface area (TPSA) is 75.6 Å². The van der Waals surface area contributed by atoms with Crippen molar-refractivity contribution in [3.8, 4) is 5.75 Å². The summed E-state index contributed by atoms with van der Waals surface area (Å²) < 4.78 is 5.79. The third kappa shape index (κ3) is 5.76. The van der Waals surface area contributed by atoms with Crippen LogP contribution in [0, 0.1) is 6.92 Å². The first kappa shape index (κ1) is 18.0. The van der Waals surface area contributed by atoms with E-state index in [0.717, 1.165) is 16.9 Å². The molecule has 1 aromatic carbocycles. The van der Waals surface area contributed by atoms with Crippen LogP contribution in [0.5, 0.6) is 5.75 Å². The van der Waals surface area contributed by atoms with Gasteiger partial charge in [0.25, 0.3) is 0 Å². The summed E-state index contributed by atoms with van der Waals surface area (Å²) in [6.07, 6.45) is 0.796. The van der Waals surface area contributed by atoms with Crippen LogP contribution in [0.25, 0.3) is 0 Å². The van der Waals surface area contributed by atoms with Crippen molar-refractivity contribution in [1.29, 1.82) is 0 Å². The molecule has 1 rings (SSSR count). The van der Waals surface area contributed by atoms with E-state index in [0.29, 0.717) is 18.9 Å². The minimum Gasteiger partial charge on any atom is -0.493 e. The van der Waals surface area contributed by atoms with Gasteiger partial charge in [-0.3, -0.25) is 9.59 Å². The molecule has 1 atom stereocenters. The van der Waals surface area contributed by atoms with Crippen molar-refractivity contribution in [2.24, 2.45) is 0 Å². The van der Waals surface area contributed by atoms with Gasteiger partial charge < -0.3 is 15.2 Å². The fourth-order valence-electron chi connectivity index (χ4n) is 2.03. The van der Waals surface area contributed by atoms with Crippen molar-refractivity contribution in [3.63, 3.8) is 0 Å². The highest BCUT2D eigenvalue weighted by atomic mass is 16.5. The molecule has 0 aliphatic rings. The second-order valence-electron chi connectivity index (χ2n) is 5.78. The Balaban J connectivity index is 2.43. The lowest BCUT2D eigenvalue weighted by atomic mass is 10.0. The maximum absolute atomic E-state index is 11.6. The number of carbonyl (C=O) groups excluding carboxylic acids is 1. The number of carboxylic acids is 1. The van der Waals surface area contributed by atoms with Crippen LogP contribution >= 0.6 is 0 Å². The van der Waals surface area contributed by atoms with Gasteiger partial charge in [-0.2, -0.15) is 0 Å². The first-order valence-corrected chi connectivity index (χ1v) is 7.56. The summed E-state index contributed by atoms with van der Waals surface area (Å²) in [6.45, 7) is 8.10. The first-order valence-electron chi connectivity index (χ1n) is 7.56. The van der Waals surface area contributed by atoms with Gasteiger partial charge >= 0.3 is 5.97 Å². The summed E-state index contributed by atoms with van der Waals surface area (Å²) in [5.41, 5.74) is 2.28. The monoisotopic (exact) mass is 307 g/mol. The van der Waals surface area contributed by atoms with Crippen LogP contribution in [0.15, 0.2) is 18.2 Å². The number of ether oxygens (including phenoxy) is 1. The van der Waals surface area contributed by atoms with Crippen LogP contribution in [-0.4, -0.2) is 29.6 Å². The summed E-state index contributed by atoms with van der Waals surface area (Å²) in [5.74, 6) is -0.0811. The molecule has 0 aliphatic heterocycles. The third-order valence-electron chi connectivity index (χ3n) is 3.34. The van der Waals surface area contributed by atoms with E-state index in [1.54, 1.807) is 0 Å². The maximum Gasteiger partial charge on any atom is 0.325 e. The molecule has 5 nitrogen and oxygen atoms in total. The number of carbonyl (C=O) groups is 2. The molecular formula is C17H25NO4. The molecule has 122 valence electrons. The highest BCUT2D eigenvalue weighted by Crippen LogP contribution is 2.27. The number of hydrogen-bond acceptors (Lipinski definition) is 3. The van der Waals surface area contributed by atoms with Crippen molar-refractivity contribution in [2.45, 2.75) is 52.5 Å². The Bertz CT molecular complexity index is 525. The quantitative estimate of drug-likeness (QED) is 0.724. The molecule has 0 aliphatic carbocycles. The van der Waals surface area contributed by atoms with Gasteiger partial charge in [0.1, 0.15) is 11.8 Å². The smallest absolute Gasteiger partial charge is 0.325 e. The van der Waals surface area contributed by atoms with E-state index in [1.165, 1.54) is 6.92 Å². The van der Waals surface area contributed by atoms with Gasteiger partial charge in [-0.25, -0.2) is 0 Å². The highest BCUT2D eigenvalue weighted by molar-refractivity contribution is 5.83. The highest BCUT2D eigenvalue weighted by Gasteiger charge is 2.13. The van der Waals surface area contributed by atoms with Crippen molar-refractivity contribution >= 4 is 11.9 Å². The molecule has 0 spiro atoms. The predicted octanol–water partition coefficient (Wildman–Crippen LogP) is 2.87. The average molecular weight is 307 g/mol. The average Bonchev–Trinajstić information content (AvgIpc) is 2.43. The molecule has 0 saturated carbocycles. The van der Waals surface area contributed by atoms with Crippen LogP contribution < -0.4 is 10.1 Å². The summed E-state index contributed by atoms with van der Waals surface area (Å²) in [6, 6.07) is 5.26. The largest absolute Gasteiger partial charge is 0.493 e. The molecule has 0 radical (unpaired) electrons. The molecule has 0 bridgehead atoms. The van der Waals surface area contributed by atoms with Gasteiger partial charge in [0.05, 0.1) is 6.61 Å². The molecule has 5 heteroatoms. The summed E-state index contributed by atoms with van der Waals surface area (Å²) in [5, 5.41) is 11.1. The predicted molar refractivity (Wildman–Crippen MR) is 85.2 cm³/mol. The maximum atomic E-state index is 11.6. The molecule has 0 saturated heterocycles. The van der Waals surface area contributed by atoms with E-state index in [9.17, 15) is 9.59 Å². The molecule has 1 aromatic rings. The van der Waals surface area contributed by atoms with E-state index < -0.39 is 12.0 Å². The molecule has 1 unspecified atom stereocenters. The zero-order chi connectivity index (χ0) is 16.7. The van der Waals surface area contributed by atoms with Crippen LogP contribution in [0.4, 0.5) is 0 Å². The molecule has 0 heterocycles. The number of rotatable bonds is 8. The first-order chi connectivity index (χ1) is 10.3. The van der Waals surface area contributed by atoms with E-state index in [4.69, 9.17) is 9.84 Å². The molecule has 0 aromatic heterocycles. The number of hydrogen-bond donors (Lipinski definition) is 2. The van der Waals surface area contributed by atoms with Gasteiger partial charge in [0.2, 0.25) is 5.91 Å². The fraction of sp³-hybridized carbons (Fsp3) is 0.529. The SMILES string of the molecule is Cc1ccc(C(C)C)c(OCCCC(=O)NC(C)C(=O)O)c1. The van der Waals surface area contributed by atoms with E-state index in [-0.39, 0.29) is 12.3 Å². The Kier molecular flexibility index (Phi) is 6.89. The Morgan fingerprint density at radius 2 is 1.95 bits per heavy atom. The van der Waals surface area contributed by atoms with Crippen molar-refractivity contribution < 1.29 is 19.4 Å². The Hall–Kier alpha value is -2.04. The zero-order valence-corrected chi connectivity index (χ0v) is 13.7. The number of carboxylic acid groups (broad SMARTS) is 1. The number of aryl methyl sites for hydroxylation is 1. The van der Waals surface area contributed by atoms with Crippen molar-refractivity contribution in [1.82, 2.24) is 5.32 Å². The van der Waals surface area contributed by atoms with Crippen LogP contribution in [0.1, 0.15) is 50.7 Å². The zero-order valence-electron chi connectivity index (χ0n) is 13.7. The molecule has 2 N–H and O–H groups in total. The number of nitrogens with one attached hydrogen (secondary N) is 1. The Morgan fingerprint density at radius 1 is 1.27 bits per heavy atom. The summed E-state index contributed by atoms with van der Waals surface area (Å²) in [4.78, 5) is 22.2. The minimum atomic E-state index is -1.04. The Morgan fingerprint density at radius 3 is 2.55 bits per heavy atom. The molecule has 1 amide bonds. The van der Waals surface area contributed by atoms with Gasteiger partial charge in [0.15, 0.2) is 0 Å². The summed E-state index contributed by atoms with van der Waals surface area (Å²) in [7, 11) is 0. The van der Waals surface area contributed by atoms with Crippen LogP contribution in [0.2, 0.25) is 0 Å². The lowest BCUT2D eigenvalue weighted by Crippen LogP contribution is -2.38. The van der Waals surface area contributed by atoms with Crippen molar-refractivity contribution in [2.75, 3.05) is 6.61 Å². The molecular weight excluding hydrogens is 282 g/mol. The standard InChI is InChI=1S/C17H25NO4/c1-11(2)14-8-7-12(3)10-15(14)22-9-5-6-16(19)18-13(4)17(20)21/h7-8,10-11,13H,5-6,9H2,1-4H3,(H,18,19)(H,20,21).